The molecular weight excluding hydrogens is 298 g/mol. The number of para-hydroxylation sites is 1. The van der Waals surface area contributed by atoms with Crippen molar-refractivity contribution in [3.63, 3.8) is 0 Å². The van der Waals surface area contributed by atoms with E-state index in [4.69, 9.17) is 0 Å². The lowest BCUT2D eigenvalue weighted by Crippen LogP contribution is -2.32. The first-order valence-electron chi connectivity index (χ1n) is 8.43. The Morgan fingerprint density at radius 2 is 1.92 bits per heavy atom. The van der Waals surface area contributed by atoms with Gasteiger partial charge in [0.1, 0.15) is 0 Å². The topological polar surface area (TPSA) is 36.4 Å². The summed E-state index contributed by atoms with van der Waals surface area (Å²) in [7, 11) is 0. The highest BCUT2D eigenvalue weighted by Crippen LogP contribution is 2.26. The maximum Gasteiger partial charge on any atom is 0.256 e. The minimum atomic E-state index is 0.0306. The van der Waals surface area contributed by atoms with Crippen LogP contribution in [0, 0.1) is 0 Å². The van der Waals surface area contributed by atoms with Crippen LogP contribution in [0.4, 0.5) is 5.69 Å². The molecule has 4 nitrogen and oxygen atoms in total. The van der Waals surface area contributed by atoms with E-state index >= 15 is 0 Å². The third-order valence-corrected chi connectivity index (χ3v) is 4.30. The Morgan fingerprint density at radius 3 is 2.62 bits per heavy atom. The average molecular weight is 321 g/mol. The molecule has 1 fully saturated rings. The molecule has 0 saturated carbocycles. The largest absolute Gasteiger partial charge is 0.371 e. The molecule has 1 amide bonds. The summed E-state index contributed by atoms with van der Waals surface area (Å²) in [4.78, 5) is 21.6. The van der Waals surface area contributed by atoms with Gasteiger partial charge in [-0.3, -0.25) is 9.78 Å². The molecule has 24 heavy (non-hydrogen) atoms. The molecule has 1 aromatic carbocycles. The van der Waals surface area contributed by atoms with E-state index in [0.717, 1.165) is 30.0 Å². The predicted molar refractivity (Wildman–Crippen MR) is 97.1 cm³/mol. The first-order valence-corrected chi connectivity index (χ1v) is 8.43. The van der Waals surface area contributed by atoms with Gasteiger partial charge < -0.3 is 9.80 Å². The van der Waals surface area contributed by atoms with Gasteiger partial charge in [0, 0.05) is 31.5 Å². The van der Waals surface area contributed by atoms with Crippen molar-refractivity contribution >= 4 is 11.6 Å². The summed E-state index contributed by atoms with van der Waals surface area (Å²) in [6, 6.07) is 13.7. The van der Waals surface area contributed by atoms with E-state index in [0.29, 0.717) is 13.1 Å². The SMILES string of the molecule is C=CCN(Cc1ccccn1)C(=O)c1ccccc1N1CCCC1. The summed E-state index contributed by atoms with van der Waals surface area (Å²) in [6.45, 7) is 6.82. The van der Waals surface area contributed by atoms with Crippen LogP contribution in [-0.2, 0) is 6.54 Å². The summed E-state index contributed by atoms with van der Waals surface area (Å²) in [5.74, 6) is 0.0306. The van der Waals surface area contributed by atoms with Crippen LogP contribution in [-0.4, -0.2) is 35.4 Å². The van der Waals surface area contributed by atoms with E-state index in [-0.39, 0.29) is 5.91 Å². The number of anilines is 1. The van der Waals surface area contributed by atoms with Crippen molar-refractivity contribution in [1.29, 1.82) is 0 Å². The van der Waals surface area contributed by atoms with Crippen LogP contribution in [0.2, 0.25) is 0 Å². The number of carbonyl (C=O) groups is 1. The predicted octanol–water partition coefficient (Wildman–Crippen LogP) is 3.51. The zero-order chi connectivity index (χ0) is 16.8. The Hall–Kier alpha value is -2.62. The fourth-order valence-corrected chi connectivity index (χ4v) is 3.12. The summed E-state index contributed by atoms with van der Waals surface area (Å²) in [5.41, 5.74) is 2.68. The van der Waals surface area contributed by atoms with Crippen molar-refractivity contribution in [3.8, 4) is 0 Å². The number of rotatable bonds is 6. The maximum atomic E-state index is 13.1. The molecule has 0 bridgehead atoms. The maximum absolute atomic E-state index is 13.1. The van der Waals surface area contributed by atoms with E-state index in [2.05, 4.69) is 16.5 Å². The zero-order valence-electron chi connectivity index (χ0n) is 13.9. The molecule has 0 aliphatic carbocycles. The van der Waals surface area contributed by atoms with Gasteiger partial charge in [-0.15, -0.1) is 6.58 Å². The average Bonchev–Trinajstić information content (AvgIpc) is 3.16. The molecule has 0 atom stereocenters. The lowest BCUT2D eigenvalue weighted by atomic mass is 10.1. The minimum absolute atomic E-state index is 0.0306. The highest BCUT2D eigenvalue weighted by atomic mass is 16.2. The normalized spacial score (nSPS) is 13.8. The van der Waals surface area contributed by atoms with Crippen LogP contribution < -0.4 is 4.90 Å². The van der Waals surface area contributed by atoms with Gasteiger partial charge in [-0.25, -0.2) is 0 Å². The number of carbonyl (C=O) groups excluding carboxylic acids is 1. The standard InChI is InChI=1S/C20H23N3O/c1-2-13-23(16-17-9-5-6-12-21-17)20(24)18-10-3-4-11-19(18)22-14-7-8-15-22/h2-6,9-12H,1,7-8,13-16H2. The second-order valence-corrected chi connectivity index (χ2v) is 6.01. The van der Waals surface area contributed by atoms with Gasteiger partial charge in [0.15, 0.2) is 0 Å². The van der Waals surface area contributed by atoms with Crippen molar-refractivity contribution in [1.82, 2.24) is 9.88 Å². The second kappa shape index (κ2) is 7.77. The molecule has 1 saturated heterocycles. The quantitative estimate of drug-likeness (QED) is 0.764. The molecule has 1 aliphatic heterocycles. The first-order chi connectivity index (χ1) is 11.8. The van der Waals surface area contributed by atoms with Crippen LogP contribution >= 0.6 is 0 Å². The van der Waals surface area contributed by atoms with Crippen molar-refractivity contribution < 1.29 is 4.79 Å². The van der Waals surface area contributed by atoms with E-state index in [1.807, 2.05) is 42.5 Å². The van der Waals surface area contributed by atoms with Crippen LogP contribution in [0.5, 0.6) is 0 Å². The molecule has 1 aromatic heterocycles. The number of benzene rings is 1. The molecule has 124 valence electrons. The number of hydrogen-bond acceptors (Lipinski definition) is 3. The van der Waals surface area contributed by atoms with Crippen molar-refractivity contribution in [2.45, 2.75) is 19.4 Å². The Morgan fingerprint density at radius 1 is 1.17 bits per heavy atom. The van der Waals surface area contributed by atoms with Gasteiger partial charge in [0.05, 0.1) is 17.8 Å². The molecule has 0 N–H and O–H groups in total. The molecular formula is C20H23N3O. The Labute approximate surface area is 143 Å². The van der Waals surface area contributed by atoms with Crippen LogP contribution in [0.3, 0.4) is 0 Å². The van der Waals surface area contributed by atoms with Gasteiger partial charge in [-0.2, -0.15) is 0 Å². The molecule has 0 spiro atoms. The van der Waals surface area contributed by atoms with Crippen LogP contribution in [0.25, 0.3) is 0 Å². The molecule has 0 unspecified atom stereocenters. The van der Waals surface area contributed by atoms with E-state index in [1.165, 1.54) is 12.8 Å². The van der Waals surface area contributed by atoms with Crippen molar-refractivity contribution in [3.05, 3.63) is 72.6 Å². The van der Waals surface area contributed by atoms with Gasteiger partial charge in [-0.05, 0) is 37.1 Å². The van der Waals surface area contributed by atoms with E-state index in [1.54, 1.807) is 17.2 Å². The third kappa shape index (κ3) is 3.65. The van der Waals surface area contributed by atoms with Gasteiger partial charge in [0.25, 0.3) is 5.91 Å². The molecule has 2 heterocycles. The second-order valence-electron chi connectivity index (χ2n) is 6.01. The molecule has 1 aliphatic rings. The number of pyridine rings is 1. The lowest BCUT2D eigenvalue weighted by Gasteiger charge is -2.25. The minimum Gasteiger partial charge on any atom is -0.371 e. The number of aromatic nitrogens is 1. The zero-order valence-corrected chi connectivity index (χ0v) is 13.9. The smallest absolute Gasteiger partial charge is 0.256 e. The Bertz CT molecular complexity index is 693. The van der Waals surface area contributed by atoms with Crippen molar-refractivity contribution in [2.75, 3.05) is 24.5 Å². The summed E-state index contributed by atoms with van der Waals surface area (Å²) in [6.07, 6.45) is 5.89. The highest BCUT2D eigenvalue weighted by Gasteiger charge is 2.22. The lowest BCUT2D eigenvalue weighted by molar-refractivity contribution is 0.0761. The third-order valence-electron chi connectivity index (χ3n) is 4.30. The van der Waals surface area contributed by atoms with Gasteiger partial charge >= 0.3 is 0 Å². The monoisotopic (exact) mass is 321 g/mol. The number of hydrogen-bond donors (Lipinski definition) is 0. The Kier molecular flexibility index (Phi) is 5.26. The van der Waals surface area contributed by atoms with Crippen LogP contribution in [0.1, 0.15) is 28.9 Å². The summed E-state index contributed by atoms with van der Waals surface area (Å²) < 4.78 is 0. The van der Waals surface area contributed by atoms with Gasteiger partial charge in [-0.1, -0.05) is 24.3 Å². The molecule has 0 radical (unpaired) electrons. The molecule has 3 rings (SSSR count). The van der Waals surface area contributed by atoms with E-state index < -0.39 is 0 Å². The fourth-order valence-electron chi connectivity index (χ4n) is 3.12. The van der Waals surface area contributed by atoms with Gasteiger partial charge in [0.2, 0.25) is 0 Å². The first kappa shape index (κ1) is 16.2. The Balaban J connectivity index is 1.86. The molecule has 4 heteroatoms. The van der Waals surface area contributed by atoms with Crippen molar-refractivity contribution in [2.24, 2.45) is 0 Å². The summed E-state index contributed by atoms with van der Waals surface area (Å²) in [5, 5.41) is 0. The van der Waals surface area contributed by atoms with Crippen LogP contribution in [0.15, 0.2) is 61.3 Å². The number of amides is 1. The number of nitrogens with zero attached hydrogens (tertiary/aromatic N) is 3. The summed E-state index contributed by atoms with van der Waals surface area (Å²) >= 11 is 0. The van der Waals surface area contributed by atoms with E-state index in [9.17, 15) is 4.79 Å². The highest BCUT2D eigenvalue weighted by molar-refractivity contribution is 6.00. The molecule has 2 aromatic rings. The fraction of sp³-hybridized carbons (Fsp3) is 0.300.